The Hall–Kier alpha value is -0.610. The summed E-state index contributed by atoms with van der Waals surface area (Å²) in [7, 11) is 4.00. The number of hydrogen-bond donors (Lipinski definition) is 2. The highest BCUT2D eigenvalue weighted by Gasteiger charge is 2.02. The third-order valence-electron chi connectivity index (χ3n) is 1.89. The summed E-state index contributed by atoms with van der Waals surface area (Å²) in [5.74, 6) is 0. The first-order valence-corrected chi connectivity index (χ1v) is 4.80. The molecule has 2 N–H and O–H groups in total. The third-order valence-corrected chi connectivity index (χ3v) is 2.24. The van der Waals surface area contributed by atoms with Crippen molar-refractivity contribution in [3.8, 4) is 0 Å². The lowest BCUT2D eigenvalue weighted by molar-refractivity contribution is 0.161. The normalized spacial score (nSPS) is 10.9. The Labute approximate surface area is 89.3 Å². The smallest absolute Gasteiger partial charge is 0.0458 e. The van der Waals surface area contributed by atoms with Gasteiger partial charge in [0.15, 0.2) is 0 Å². The van der Waals surface area contributed by atoms with E-state index in [9.17, 15) is 0 Å². The van der Waals surface area contributed by atoms with Crippen LogP contribution in [0.15, 0.2) is 18.2 Å². The molecule has 0 aliphatic rings. The van der Waals surface area contributed by atoms with Gasteiger partial charge in [0.05, 0.1) is 0 Å². The van der Waals surface area contributed by atoms with Gasteiger partial charge in [0, 0.05) is 18.1 Å². The molecule has 0 spiro atoms. The van der Waals surface area contributed by atoms with E-state index in [-0.39, 0.29) is 0 Å². The van der Waals surface area contributed by atoms with Crippen molar-refractivity contribution in [1.29, 1.82) is 0 Å². The summed E-state index contributed by atoms with van der Waals surface area (Å²) < 4.78 is 0. The topological polar surface area (TPSA) is 35.5 Å². The molecule has 0 aliphatic carbocycles. The van der Waals surface area contributed by atoms with Gasteiger partial charge in [-0.2, -0.15) is 0 Å². The Morgan fingerprint density at radius 3 is 2.64 bits per heavy atom. The van der Waals surface area contributed by atoms with Gasteiger partial charge in [-0.3, -0.25) is 0 Å². The van der Waals surface area contributed by atoms with Crippen LogP contribution in [0, 0.1) is 0 Å². The van der Waals surface area contributed by atoms with Crippen molar-refractivity contribution in [2.24, 2.45) is 0 Å². The van der Waals surface area contributed by atoms with Crippen LogP contribution in [0.1, 0.15) is 11.1 Å². The number of rotatable bonds is 4. The molecule has 0 bridgehead atoms. The van der Waals surface area contributed by atoms with Gasteiger partial charge < -0.3 is 10.1 Å². The van der Waals surface area contributed by atoms with E-state index in [1.165, 1.54) is 0 Å². The van der Waals surface area contributed by atoms with Crippen LogP contribution in [-0.2, 0) is 13.1 Å². The first-order valence-electron chi connectivity index (χ1n) is 4.42. The zero-order chi connectivity index (χ0) is 10.6. The predicted molar refractivity (Wildman–Crippen MR) is 57.5 cm³/mol. The maximum absolute atomic E-state index is 8.52. The van der Waals surface area contributed by atoms with Gasteiger partial charge in [0.1, 0.15) is 0 Å². The van der Waals surface area contributed by atoms with E-state index in [2.05, 4.69) is 10.4 Å². The minimum atomic E-state index is 0.419. The Balaban J connectivity index is 2.79. The third kappa shape index (κ3) is 3.27. The molecule has 3 nitrogen and oxygen atoms in total. The molecule has 0 fully saturated rings. The van der Waals surface area contributed by atoms with Crippen LogP contribution < -0.4 is 5.48 Å². The SMILES string of the molecule is CN(C)Cc1ccc(CNO)cc1Cl. The molecule has 1 rings (SSSR count). The zero-order valence-corrected chi connectivity index (χ0v) is 9.17. The van der Waals surface area contributed by atoms with Crippen molar-refractivity contribution in [1.82, 2.24) is 10.4 Å². The molecule has 0 saturated carbocycles. The van der Waals surface area contributed by atoms with Crippen LogP contribution in [0.3, 0.4) is 0 Å². The highest BCUT2D eigenvalue weighted by Crippen LogP contribution is 2.18. The van der Waals surface area contributed by atoms with E-state index in [0.717, 1.165) is 22.7 Å². The van der Waals surface area contributed by atoms with Crippen molar-refractivity contribution in [2.75, 3.05) is 14.1 Å². The lowest BCUT2D eigenvalue weighted by Gasteiger charge is -2.11. The summed E-state index contributed by atoms with van der Waals surface area (Å²) in [5, 5.41) is 9.27. The summed E-state index contributed by atoms with van der Waals surface area (Å²) in [6, 6.07) is 5.80. The van der Waals surface area contributed by atoms with Crippen molar-refractivity contribution in [3.63, 3.8) is 0 Å². The molecular weight excluding hydrogens is 200 g/mol. The average molecular weight is 215 g/mol. The quantitative estimate of drug-likeness (QED) is 0.752. The maximum atomic E-state index is 8.52. The molecule has 0 amide bonds. The fourth-order valence-corrected chi connectivity index (χ4v) is 1.52. The molecule has 0 unspecified atom stereocenters. The summed E-state index contributed by atoms with van der Waals surface area (Å²) >= 11 is 6.07. The largest absolute Gasteiger partial charge is 0.316 e. The van der Waals surface area contributed by atoms with Gasteiger partial charge in [0.2, 0.25) is 0 Å². The molecular formula is C10H15ClN2O. The van der Waals surface area contributed by atoms with Gasteiger partial charge >= 0.3 is 0 Å². The molecule has 78 valence electrons. The first kappa shape index (κ1) is 11.5. The Kier molecular flexibility index (Phi) is 4.35. The van der Waals surface area contributed by atoms with E-state index in [1.807, 2.05) is 32.3 Å². The number of nitrogens with zero attached hydrogens (tertiary/aromatic N) is 1. The molecule has 0 aliphatic heterocycles. The minimum Gasteiger partial charge on any atom is -0.316 e. The van der Waals surface area contributed by atoms with Gasteiger partial charge in [-0.1, -0.05) is 23.7 Å². The van der Waals surface area contributed by atoms with E-state index in [1.54, 1.807) is 0 Å². The number of hydrogen-bond acceptors (Lipinski definition) is 3. The zero-order valence-electron chi connectivity index (χ0n) is 8.42. The standard InChI is InChI=1S/C10H15ClN2O/c1-13(2)7-9-4-3-8(6-12-14)5-10(9)11/h3-5,12,14H,6-7H2,1-2H3. The van der Waals surface area contributed by atoms with Crippen LogP contribution in [-0.4, -0.2) is 24.2 Å². The highest BCUT2D eigenvalue weighted by molar-refractivity contribution is 6.31. The molecule has 0 radical (unpaired) electrons. The minimum absolute atomic E-state index is 0.419. The summed E-state index contributed by atoms with van der Waals surface area (Å²) in [5.41, 5.74) is 4.17. The van der Waals surface area contributed by atoms with E-state index in [4.69, 9.17) is 16.8 Å². The van der Waals surface area contributed by atoms with Crippen LogP contribution in [0.5, 0.6) is 0 Å². The fourth-order valence-electron chi connectivity index (χ4n) is 1.26. The number of nitrogens with one attached hydrogen (secondary N) is 1. The molecule has 0 saturated heterocycles. The van der Waals surface area contributed by atoms with Crippen molar-refractivity contribution in [2.45, 2.75) is 13.1 Å². The van der Waals surface area contributed by atoms with Gasteiger partial charge in [-0.05, 0) is 31.3 Å². The molecule has 4 heteroatoms. The highest BCUT2D eigenvalue weighted by atomic mass is 35.5. The number of halogens is 1. The van der Waals surface area contributed by atoms with Crippen LogP contribution >= 0.6 is 11.6 Å². The Morgan fingerprint density at radius 2 is 2.14 bits per heavy atom. The lowest BCUT2D eigenvalue weighted by atomic mass is 10.1. The second-order valence-electron chi connectivity index (χ2n) is 3.50. The summed E-state index contributed by atoms with van der Waals surface area (Å²) in [6.07, 6.45) is 0. The molecule has 0 aromatic heterocycles. The van der Waals surface area contributed by atoms with Crippen LogP contribution in [0.25, 0.3) is 0 Å². The molecule has 0 atom stereocenters. The monoisotopic (exact) mass is 214 g/mol. The predicted octanol–water partition coefficient (Wildman–Crippen LogP) is 1.88. The van der Waals surface area contributed by atoms with Gasteiger partial charge in [-0.15, -0.1) is 0 Å². The molecule has 1 aromatic carbocycles. The number of benzene rings is 1. The first-order chi connectivity index (χ1) is 6.63. The maximum Gasteiger partial charge on any atom is 0.0458 e. The lowest BCUT2D eigenvalue weighted by Crippen LogP contribution is -2.11. The van der Waals surface area contributed by atoms with E-state index in [0.29, 0.717) is 6.54 Å². The second-order valence-corrected chi connectivity index (χ2v) is 3.91. The Morgan fingerprint density at radius 1 is 1.43 bits per heavy atom. The van der Waals surface area contributed by atoms with Crippen LogP contribution in [0.4, 0.5) is 0 Å². The molecule has 0 heterocycles. The van der Waals surface area contributed by atoms with Gasteiger partial charge in [-0.25, -0.2) is 5.48 Å². The van der Waals surface area contributed by atoms with E-state index >= 15 is 0 Å². The van der Waals surface area contributed by atoms with Gasteiger partial charge in [0.25, 0.3) is 0 Å². The number of hydroxylamine groups is 1. The summed E-state index contributed by atoms with van der Waals surface area (Å²) in [6.45, 7) is 1.24. The van der Waals surface area contributed by atoms with Crippen molar-refractivity contribution in [3.05, 3.63) is 34.3 Å². The van der Waals surface area contributed by atoms with Crippen molar-refractivity contribution < 1.29 is 5.21 Å². The van der Waals surface area contributed by atoms with Crippen molar-refractivity contribution >= 4 is 11.6 Å². The van der Waals surface area contributed by atoms with E-state index < -0.39 is 0 Å². The molecule has 14 heavy (non-hydrogen) atoms. The average Bonchev–Trinajstić information content (AvgIpc) is 2.10. The van der Waals surface area contributed by atoms with Crippen LogP contribution in [0.2, 0.25) is 5.02 Å². The second kappa shape index (κ2) is 5.32. The Bertz CT molecular complexity index is 302. The summed E-state index contributed by atoms with van der Waals surface area (Å²) in [4.78, 5) is 2.06. The fraction of sp³-hybridized carbons (Fsp3) is 0.400. The molecule has 1 aromatic rings.